The van der Waals surface area contributed by atoms with Crippen molar-refractivity contribution in [1.29, 1.82) is 0 Å². The summed E-state index contributed by atoms with van der Waals surface area (Å²) in [5, 5.41) is 11.2. The van der Waals surface area contributed by atoms with Gasteiger partial charge in [-0.1, -0.05) is 6.07 Å². The Morgan fingerprint density at radius 3 is 2.48 bits per heavy atom. The van der Waals surface area contributed by atoms with Crippen molar-refractivity contribution in [2.75, 3.05) is 7.11 Å². The number of carboxylic acids is 1. The largest absolute Gasteiger partial charge is 0.493 e. The van der Waals surface area contributed by atoms with Gasteiger partial charge in [0.15, 0.2) is 11.5 Å². The summed E-state index contributed by atoms with van der Waals surface area (Å²) < 4.78 is 33.7. The van der Waals surface area contributed by atoms with Gasteiger partial charge in [0.1, 0.15) is 5.54 Å². The lowest BCUT2D eigenvalue weighted by molar-refractivity contribution is -0.145. The van der Waals surface area contributed by atoms with Crippen molar-refractivity contribution < 1.29 is 33.0 Å². The summed E-state index contributed by atoms with van der Waals surface area (Å²) in [5.74, 6) is -1.83. The van der Waals surface area contributed by atoms with E-state index in [1.807, 2.05) is 0 Å². The number of benzene rings is 1. The van der Waals surface area contributed by atoms with Crippen molar-refractivity contribution in [3.8, 4) is 11.5 Å². The molecule has 1 amide bonds. The normalized spacial score (nSPS) is 11.6. The van der Waals surface area contributed by atoms with Gasteiger partial charge in [0.25, 0.3) is 0 Å². The van der Waals surface area contributed by atoms with Crippen LogP contribution in [0.3, 0.4) is 0 Å². The second-order valence-corrected chi connectivity index (χ2v) is 5.04. The van der Waals surface area contributed by atoms with Crippen LogP contribution in [-0.4, -0.2) is 36.2 Å². The highest BCUT2D eigenvalue weighted by molar-refractivity contribution is 5.95. The quantitative estimate of drug-likeness (QED) is 0.750. The maximum Gasteiger partial charge on any atom is 0.387 e. The monoisotopic (exact) mass is 329 g/mol. The predicted octanol–water partition coefficient (Wildman–Crippen LogP) is 2.29. The second-order valence-electron chi connectivity index (χ2n) is 5.04. The third kappa shape index (κ3) is 5.57. The predicted molar refractivity (Wildman–Crippen MR) is 78.5 cm³/mol. The minimum atomic E-state index is -2.98. The molecule has 2 N–H and O–H groups in total. The maximum absolute atomic E-state index is 12.2. The molecule has 1 rings (SSSR count). The van der Waals surface area contributed by atoms with Gasteiger partial charge in [-0.05, 0) is 37.6 Å². The van der Waals surface area contributed by atoms with Gasteiger partial charge >= 0.3 is 12.6 Å². The van der Waals surface area contributed by atoms with Gasteiger partial charge in [-0.15, -0.1) is 0 Å². The molecule has 0 aliphatic carbocycles. The van der Waals surface area contributed by atoms with Crippen LogP contribution in [-0.2, 0) is 9.59 Å². The zero-order chi connectivity index (χ0) is 17.6. The van der Waals surface area contributed by atoms with Gasteiger partial charge in [-0.25, -0.2) is 4.79 Å². The van der Waals surface area contributed by atoms with Gasteiger partial charge in [0, 0.05) is 6.08 Å². The number of ether oxygens (including phenoxy) is 2. The minimum absolute atomic E-state index is 0.0822. The molecule has 0 unspecified atom stereocenters. The number of hydrogen-bond donors (Lipinski definition) is 2. The lowest BCUT2D eigenvalue weighted by atomic mass is 10.1. The molecule has 126 valence electrons. The van der Waals surface area contributed by atoms with Gasteiger partial charge < -0.3 is 19.9 Å². The topological polar surface area (TPSA) is 84.9 Å². The smallest absolute Gasteiger partial charge is 0.387 e. The second kappa shape index (κ2) is 7.57. The number of carboxylic acid groups (broad SMARTS) is 1. The Morgan fingerprint density at radius 2 is 1.96 bits per heavy atom. The molecule has 8 heteroatoms. The fraction of sp³-hybridized carbons (Fsp3) is 0.333. The number of methoxy groups -OCH3 is 1. The molecule has 0 spiro atoms. The number of amides is 1. The number of aliphatic carboxylic acids is 1. The summed E-state index contributed by atoms with van der Waals surface area (Å²) in [5.41, 5.74) is -0.916. The van der Waals surface area contributed by atoms with E-state index in [9.17, 15) is 18.4 Å². The molecule has 0 bridgehead atoms. The number of carbonyl (C=O) groups excluding carboxylic acids is 1. The molecule has 6 nitrogen and oxygen atoms in total. The summed E-state index contributed by atoms with van der Waals surface area (Å²) in [6.07, 6.45) is 2.52. The average molecular weight is 329 g/mol. The van der Waals surface area contributed by atoms with Gasteiger partial charge in [0.05, 0.1) is 7.11 Å². The van der Waals surface area contributed by atoms with E-state index >= 15 is 0 Å². The summed E-state index contributed by atoms with van der Waals surface area (Å²) in [4.78, 5) is 22.6. The van der Waals surface area contributed by atoms with Gasteiger partial charge in [-0.2, -0.15) is 8.78 Å². The van der Waals surface area contributed by atoms with Gasteiger partial charge in [0.2, 0.25) is 5.91 Å². The molecule has 0 heterocycles. The molecule has 1 aromatic rings. The van der Waals surface area contributed by atoms with Crippen molar-refractivity contribution in [2.45, 2.75) is 26.0 Å². The molecule has 1 aromatic carbocycles. The number of hydrogen-bond acceptors (Lipinski definition) is 4. The molecular formula is C15H17F2NO5. The highest BCUT2D eigenvalue weighted by Gasteiger charge is 2.27. The summed E-state index contributed by atoms with van der Waals surface area (Å²) in [6, 6.07) is 4.14. The van der Waals surface area contributed by atoms with Crippen molar-refractivity contribution in [3.05, 3.63) is 29.8 Å². The fourth-order valence-electron chi connectivity index (χ4n) is 1.56. The highest BCUT2D eigenvalue weighted by atomic mass is 19.3. The van der Waals surface area contributed by atoms with Crippen LogP contribution in [0.1, 0.15) is 19.4 Å². The molecule has 0 aromatic heterocycles. The Hall–Kier alpha value is -2.64. The zero-order valence-corrected chi connectivity index (χ0v) is 12.8. The van der Waals surface area contributed by atoms with Crippen molar-refractivity contribution >= 4 is 18.0 Å². The number of rotatable bonds is 7. The van der Waals surface area contributed by atoms with E-state index in [0.717, 1.165) is 6.08 Å². The molecular weight excluding hydrogens is 312 g/mol. The molecule has 0 saturated carbocycles. The lowest BCUT2D eigenvalue weighted by Gasteiger charge is -2.19. The number of nitrogens with one attached hydrogen (secondary N) is 1. The average Bonchev–Trinajstić information content (AvgIpc) is 2.45. The first-order chi connectivity index (χ1) is 10.7. The molecule has 0 atom stereocenters. The van der Waals surface area contributed by atoms with E-state index in [-0.39, 0.29) is 11.5 Å². The number of halogens is 2. The fourth-order valence-corrected chi connectivity index (χ4v) is 1.56. The standard InChI is InChI=1S/C15H17F2NO5/c1-15(2,13(20)21)18-12(19)7-5-9-4-6-10(23-14(16)17)11(8-9)22-3/h4-8,14H,1-3H3,(H,18,19)(H,20,21)/b7-5+. The van der Waals surface area contributed by atoms with Crippen molar-refractivity contribution in [1.82, 2.24) is 5.32 Å². The SMILES string of the molecule is COc1cc(/C=C/C(=O)NC(C)(C)C(=O)O)ccc1OC(F)F. The van der Waals surface area contributed by atoms with Crippen LogP contribution in [0.5, 0.6) is 11.5 Å². The molecule has 0 saturated heterocycles. The lowest BCUT2D eigenvalue weighted by Crippen LogP contribution is -2.49. The third-order valence-corrected chi connectivity index (χ3v) is 2.80. The highest BCUT2D eigenvalue weighted by Crippen LogP contribution is 2.29. The van der Waals surface area contributed by atoms with E-state index in [4.69, 9.17) is 9.84 Å². The molecule has 0 aliphatic heterocycles. The molecule has 23 heavy (non-hydrogen) atoms. The first-order valence-electron chi connectivity index (χ1n) is 6.52. The Balaban J connectivity index is 2.84. The number of alkyl halides is 2. The summed E-state index contributed by atoms with van der Waals surface area (Å²) >= 11 is 0. The van der Waals surface area contributed by atoms with Gasteiger partial charge in [-0.3, -0.25) is 4.79 Å². The molecule has 0 radical (unpaired) electrons. The van der Waals surface area contributed by atoms with Crippen LogP contribution in [0.25, 0.3) is 6.08 Å². The van der Waals surface area contributed by atoms with E-state index in [1.54, 1.807) is 0 Å². The Morgan fingerprint density at radius 1 is 1.30 bits per heavy atom. The van der Waals surface area contributed by atoms with Crippen molar-refractivity contribution in [2.24, 2.45) is 0 Å². The first-order valence-corrected chi connectivity index (χ1v) is 6.52. The zero-order valence-electron chi connectivity index (χ0n) is 12.8. The number of carbonyl (C=O) groups is 2. The van der Waals surface area contributed by atoms with Crippen LogP contribution in [0.4, 0.5) is 8.78 Å². The Bertz CT molecular complexity index is 614. The van der Waals surface area contributed by atoms with Crippen LogP contribution in [0.2, 0.25) is 0 Å². The van der Waals surface area contributed by atoms with E-state index < -0.39 is 24.0 Å². The van der Waals surface area contributed by atoms with E-state index in [2.05, 4.69) is 10.1 Å². The van der Waals surface area contributed by atoms with Crippen LogP contribution in [0.15, 0.2) is 24.3 Å². The third-order valence-electron chi connectivity index (χ3n) is 2.80. The van der Waals surface area contributed by atoms with Crippen LogP contribution >= 0.6 is 0 Å². The molecule has 0 fully saturated rings. The maximum atomic E-state index is 12.2. The van der Waals surface area contributed by atoms with Crippen molar-refractivity contribution in [3.63, 3.8) is 0 Å². The van der Waals surface area contributed by atoms with Crippen LogP contribution < -0.4 is 14.8 Å². The van der Waals surface area contributed by atoms with E-state index in [0.29, 0.717) is 5.56 Å². The Labute approximate surface area is 131 Å². The van der Waals surface area contributed by atoms with E-state index in [1.165, 1.54) is 45.2 Å². The van der Waals surface area contributed by atoms with Crippen LogP contribution in [0, 0.1) is 0 Å². The first kappa shape index (κ1) is 18.4. The Kier molecular flexibility index (Phi) is 6.06. The summed E-state index contributed by atoms with van der Waals surface area (Å²) in [6.45, 7) is -0.282. The minimum Gasteiger partial charge on any atom is -0.493 e. The summed E-state index contributed by atoms with van der Waals surface area (Å²) in [7, 11) is 1.29. The molecule has 0 aliphatic rings.